The van der Waals surface area contributed by atoms with Crippen LogP contribution in [0.1, 0.15) is 13.8 Å². The molecule has 2 N–H and O–H groups in total. The third kappa shape index (κ3) is 1.45. The molecule has 15 heavy (non-hydrogen) atoms. The number of amides is 2. The van der Waals surface area contributed by atoms with Crippen molar-refractivity contribution in [3.63, 3.8) is 0 Å². The lowest BCUT2D eigenvalue weighted by molar-refractivity contribution is -0.135. The first-order chi connectivity index (χ1) is 7.00. The molecule has 0 radical (unpaired) electrons. The van der Waals surface area contributed by atoms with Gasteiger partial charge in [-0.2, -0.15) is 0 Å². The highest BCUT2D eigenvalue weighted by Crippen LogP contribution is 2.21. The van der Waals surface area contributed by atoms with Gasteiger partial charge in [0.1, 0.15) is 6.17 Å². The summed E-state index contributed by atoms with van der Waals surface area (Å²) in [7, 11) is 0. The zero-order valence-electron chi connectivity index (χ0n) is 8.52. The van der Waals surface area contributed by atoms with Crippen LogP contribution in [0.2, 0.25) is 0 Å². The first-order valence-electron chi connectivity index (χ1n) is 4.69. The third-order valence-electron chi connectivity index (χ3n) is 2.60. The van der Waals surface area contributed by atoms with Gasteiger partial charge in [-0.1, -0.05) is 0 Å². The van der Waals surface area contributed by atoms with Crippen molar-refractivity contribution >= 4 is 11.8 Å². The number of hydrogen-bond acceptors (Lipinski definition) is 3. The summed E-state index contributed by atoms with van der Waals surface area (Å²) in [4.78, 5) is 24.1. The summed E-state index contributed by atoms with van der Waals surface area (Å²) in [6.45, 7) is 3.31. The van der Waals surface area contributed by atoms with Gasteiger partial charge >= 0.3 is 0 Å². The van der Waals surface area contributed by atoms with E-state index in [9.17, 15) is 14.7 Å². The zero-order chi connectivity index (χ0) is 11.2. The van der Waals surface area contributed by atoms with E-state index < -0.39 is 12.4 Å². The maximum Gasteiger partial charge on any atom is 0.253 e. The molecule has 80 valence electrons. The summed E-state index contributed by atoms with van der Waals surface area (Å²) in [6, 6.07) is 0. The Morgan fingerprint density at radius 2 is 1.93 bits per heavy atom. The van der Waals surface area contributed by atoms with Crippen molar-refractivity contribution in [3.05, 3.63) is 23.3 Å². The lowest BCUT2D eigenvalue weighted by Gasteiger charge is -2.26. The van der Waals surface area contributed by atoms with E-state index in [2.05, 4.69) is 5.32 Å². The zero-order valence-corrected chi connectivity index (χ0v) is 8.52. The van der Waals surface area contributed by atoms with Gasteiger partial charge in [-0.05, 0) is 26.0 Å². The van der Waals surface area contributed by atoms with E-state index in [1.165, 1.54) is 11.0 Å². The van der Waals surface area contributed by atoms with E-state index in [0.29, 0.717) is 11.1 Å². The van der Waals surface area contributed by atoms with Gasteiger partial charge < -0.3 is 10.4 Å². The van der Waals surface area contributed by atoms with Gasteiger partial charge in [-0.25, -0.2) is 0 Å². The fraction of sp³-hybridized carbons (Fsp3) is 0.400. The van der Waals surface area contributed by atoms with E-state index in [1.807, 2.05) is 0 Å². The van der Waals surface area contributed by atoms with Gasteiger partial charge in [0.05, 0.1) is 0 Å². The van der Waals surface area contributed by atoms with Gasteiger partial charge in [-0.3, -0.25) is 14.5 Å². The standard InChI is InChI=1S/C10H12N2O3/c1-5-3-7(11-9(5)14)12-8(13)4-6(2)10(12)15/h3-4,7-8,13H,1-2H3,(H,11,14)/t7-,8-/m0/s1. The van der Waals surface area contributed by atoms with Crippen molar-refractivity contribution in [2.75, 3.05) is 0 Å². The van der Waals surface area contributed by atoms with Crippen molar-refractivity contribution in [1.29, 1.82) is 0 Å². The Morgan fingerprint density at radius 1 is 1.27 bits per heavy atom. The predicted octanol–water partition coefficient (Wildman–Crippen LogP) is -0.505. The van der Waals surface area contributed by atoms with Gasteiger partial charge in [0, 0.05) is 11.1 Å². The van der Waals surface area contributed by atoms with Crippen molar-refractivity contribution in [2.45, 2.75) is 26.2 Å². The molecule has 5 heteroatoms. The smallest absolute Gasteiger partial charge is 0.253 e. The fourth-order valence-electron chi connectivity index (χ4n) is 1.74. The fourth-order valence-corrected chi connectivity index (χ4v) is 1.74. The average molecular weight is 208 g/mol. The van der Waals surface area contributed by atoms with E-state index in [4.69, 9.17) is 0 Å². The maximum absolute atomic E-state index is 11.6. The molecule has 0 aliphatic carbocycles. The molecule has 0 saturated carbocycles. The molecular formula is C10H12N2O3. The molecule has 2 amide bonds. The van der Waals surface area contributed by atoms with Crippen LogP contribution in [-0.2, 0) is 9.59 Å². The van der Waals surface area contributed by atoms with Crippen LogP contribution in [0.5, 0.6) is 0 Å². The monoisotopic (exact) mass is 208 g/mol. The molecular weight excluding hydrogens is 196 g/mol. The second-order valence-corrected chi connectivity index (χ2v) is 3.74. The van der Waals surface area contributed by atoms with Gasteiger partial charge in [-0.15, -0.1) is 0 Å². The summed E-state index contributed by atoms with van der Waals surface area (Å²) in [6.07, 6.45) is 1.62. The molecule has 0 saturated heterocycles. The molecule has 2 heterocycles. The minimum absolute atomic E-state index is 0.204. The van der Waals surface area contributed by atoms with Crippen molar-refractivity contribution in [3.8, 4) is 0 Å². The summed E-state index contributed by atoms with van der Waals surface area (Å²) in [5.74, 6) is -0.455. The number of carbonyl (C=O) groups is 2. The molecule has 0 bridgehead atoms. The van der Waals surface area contributed by atoms with E-state index in [1.54, 1.807) is 19.9 Å². The molecule has 2 aliphatic rings. The molecule has 2 aliphatic heterocycles. The molecule has 0 aromatic carbocycles. The number of nitrogens with zero attached hydrogens (tertiary/aromatic N) is 1. The Kier molecular flexibility index (Phi) is 2.12. The topological polar surface area (TPSA) is 69.6 Å². The highest BCUT2D eigenvalue weighted by atomic mass is 16.3. The Morgan fingerprint density at radius 3 is 2.33 bits per heavy atom. The molecule has 0 aromatic rings. The molecule has 0 aromatic heterocycles. The number of rotatable bonds is 1. The minimum atomic E-state index is -0.954. The normalized spacial score (nSPS) is 30.5. The molecule has 0 unspecified atom stereocenters. The van der Waals surface area contributed by atoms with Gasteiger partial charge in [0.15, 0.2) is 6.23 Å². The lowest BCUT2D eigenvalue weighted by Crippen LogP contribution is -2.48. The van der Waals surface area contributed by atoms with Crippen LogP contribution in [-0.4, -0.2) is 34.2 Å². The van der Waals surface area contributed by atoms with E-state index >= 15 is 0 Å². The van der Waals surface area contributed by atoms with Crippen LogP contribution in [0.4, 0.5) is 0 Å². The second-order valence-electron chi connectivity index (χ2n) is 3.74. The van der Waals surface area contributed by atoms with Crippen LogP contribution in [0.25, 0.3) is 0 Å². The first kappa shape index (κ1) is 9.92. The largest absolute Gasteiger partial charge is 0.370 e. The van der Waals surface area contributed by atoms with Crippen LogP contribution in [0.15, 0.2) is 23.3 Å². The number of aliphatic hydroxyl groups is 1. The van der Waals surface area contributed by atoms with Crippen LogP contribution in [0, 0.1) is 0 Å². The molecule has 2 rings (SSSR count). The van der Waals surface area contributed by atoms with E-state index in [0.717, 1.165) is 0 Å². The Labute approximate surface area is 87.1 Å². The van der Waals surface area contributed by atoms with Crippen molar-refractivity contribution in [1.82, 2.24) is 10.2 Å². The van der Waals surface area contributed by atoms with Gasteiger partial charge in [0.2, 0.25) is 5.91 Å². The lowest BCUT2D eigenvalue weighted by atomic mass is 10.3. The molecule has 0 spiro atoms. The molecule has 2 atom stereocenters. The van der Waals surface area contributed by atoms with Crippen molar-refractivity contribution < 1.29 is 14.7 Å². The Hall–Kier alpha value is -1.62. The van der Waals surface area contributed by atoms with Gasteiger partial charge in [0.25, 0.3) is 5.91 Å². The van der Waals surface area contributed by atoms with Crippen LogP contribution >= 0.6 is 0 Å². The Balaban J connectivity index is 2.21. The highest BCUT2D eigenvalue weighted by molar-refractivity contribution is 5.99. The molecule has 0 fully saturated rings. The summed E-state index contributed by atoms with van der Waals surface area (Å²) in [5, 5.41) is 12.2. The Bertz CT molecular complexity index is 397. The third-order valence-corrected chi connectivity index (χ3v) is 2.60. The quantitative estimate of drug-likeness (QED) is 0.610. The second kappa shape index (κ2) is 3.20. The molecule has 5 nitrogen and oxygen atoms in total. The number of nitrogens with one attached hydrogen (secondary N) is 1. The number of carbonyl (C=O) groups excluding carboxylic acids is 2. The number of hydrogen-bond donors (Lipinski definition) is 2. The minimum Gasteiger partial charge on any atom is -0.370 e. The highest BCUT2D eigenvalue weighted by Gasteiger charge is 2.36. The number of aliphatic hydroxyl groups excluding tert-OH is 1. The maximum atomic E-state index is 11.6. The predicted molar refractivity (Wildman–Crippen MR) is 52.3 cm³/mol. The average Bonchev–Trinajstić information content (AvgIpc) is 2.57. The SMILES string of the molecule is CC1=C[C@H](N2C(=O)C(C)=C[C@@H]2O)NC1=O. The van der Waals surface area contributed by atoms with Crippen LogP contribution < -0.4 is 5.32 Å². The first-order valence-corrected chi connectivity index (χ1v) is 4.69. The summed E-state index contributed by atoms with van der Waals surface area (Å²) in [5.41, 5.74) is 1.05. The summed E-state index contributed by atoms with van der Waals surface area (Å²) < 4.78 is 0. The van der Waals surface area contributed by atoms with E-state index in [-0.39, 0.29) is 11.8 Å². The van der Waals surface area contributed by atoms with Crippen LogP contribution in [0.3, 0.4) is 0 Å². The van der Waals surface area contributed by atoms with Crippen molar-refractivity contribution in [2.24, 2.45) is 0 Å². The summed E-state index contributed by atoms with van der Waals surface area (Å²) >= 11 is 0.